The lowest BCUT2D eigenvalue weighted by Crippen LogP contribution is -2.33. The van der Waals surface area contributed by atoms with E-state index in [2.05, 4.69) is 22.1 Å². The van der Waals surface area contributed by atoms with Crippen LogP contribution in [-0.4, -0.2) is 39.1 Å². The maximum absolute atomic E-state index is 12.9. The molecule has 0 aliphatic rings. The van der Waals surface area contributed by atoms with Gasteiger partial charge in [-0.15, -0.1) is 5.10 Å². The molecular weight excluding hydrogens is 308 g/mol. The van der Waals surface area contributed by atoms with Crippen molar-refractivity contribution in [1.29, 1.82) is 0 Å². The molecule has 2 rings (SSSR count). The van der Waals surface area contributed by atoms with Crippen molar-refractivity contribution in [1.82, 2.24) is 20.1 Å². The molecule has 0 bridgehead atoms. The van der Waals surface area contributed by atoms with E-state index in [1.165, 1.54) is 11.8 Å². The third kappa shape index (κ3) is 4.58. The van der Waals surface area contributed by atoms with E-state index in [1.807, 2.05) is 49.1 Å². The Kier molecular flexibility index (Phi) is 6.65. The van der Waals surface area contributed by atoms with E-state index in [0.29, 0.717) is 18.2 Å². The molecule has 124 valence electrons. The Balaban J connectivity index is 2.24. The first-order valence-electron chi connectivity index (χ1n) is 8.11. The number of likely N-dealkylation sites (N-methyl/N-ethyl adjacent to an activating group) is 1. The molecule has 1 aromatic heterocycles. The van der Waals surface area contributed by atoms with E-state index in [4.69, 9.17) is 0 Å². The summed E-state index contributed by atoms with van der Waals surface area (Å²) in [5.74, 6) is 0.977. The van der Waals surface area contributed by atoms with Crippen LogP contribution in [0.15, 0.2) is 35.5 Å². The van der Waals surface area contributed by atoms with Gasteiger partial charge in [0.15, 0.2) is 0 Å². The summed E-state index contributed by atoms with van der Waals surface area (Å²) >= 11 is 1.41. The molecule has 1 heterocycles. The van der Waals surface area contributed by atoms with Crippen LogP contribution in [0.3, 0.4) is 0 Å². The summed E-state index contributed by atoms with van der Waals surface area (Å²) in [6.07, 6.45) is 1.88. The molecule has 1 unspecified atom stereocenters. The van der Waals surface area contributed by atoms with Crippen molar-refractivity contribution in [2.75, 3.05) is 13.1 Å². The molecule has 0 spiro atoms. The molecule has 0 aliphatic heterocycles. The maximum Gasteiger partial charge on any atom is 0.240 e. The number of hydrogen-bond acceptors (Lipinski definition) is 4. The second kappa shape index (κ2) is 8.72. The molecule has 23 heavy (non-hydrogen) atoms. The van der Waals surface area contributed by atoms with E-state index < -0.39 is 0 Å². The summed E-state index contributed by atoms with van der Waals surface area (Å²) in [6, 6.07) is 9.84. The van der Waals surface area contributed by atoms with Gasteiger partial charge in [0.25, 0.3) is 0 Å². The molecule has 0 radical (unpaired) electrons. The average molecular weight is 332 g/mol. The summed E-state index contributed by atoms with van der Waals surface area (Å²) in [5, 5.41) is 7.51. The second-order valence-corrected chi connectivity index (χ2v) is 6.31. The number of nitrogens with zero attached hydrogens (tertiary/aromatic N) is 3. The van der Waals surface area contributed by atoms with Gasteiger partial charge in [0, 0.05) is 19.5 Å². The number of aromatic amines is 1. The predicted octanol–water partition coefficient (Wildman–Crippen LogP) is 3.46. The summed E-state index contributed by atoms with van der Waals surface area (Å²) in [7, 11) is 0. The van der Waals surface area contributed by atoms with Gasteiger partial charge in [-0.25, -0.2) is 4.98 Å². The molecule has 0 fully saturated rings. The van der Waals surface area contributed by atoms with Crippen LogP contribution in [0, 0.1) is 0 Å². The van der Waals surface area contributed by atoms with Crippen LogP contribution in [0.4, 0.5) is 0 Å². The lowest BCUT2D eigenvalue weighted by atomic mass is 10.1. The molecule has 5 nitrogen and oxygen atoms in total. The lowest BCUT2D eigenvalue weighted by molar-refractivity contribution is -0.130. The standard InChI is InChI=1S/C17H24N4OS/c1-4-10-14-18-17(20-19-14)23-15(13-11-8-7-9-12-13)16(22)21(5-2)6-3/h7-9,11-12,15H,4-6,10H2,1-3H3,(H,18,19,20). The van der Waals surface area contributed by atoms with Crippen molar-refractivity contribution in [3.8, 4) is 0 Å². The van der Waals surface area contributed by atoms with Crippen molar-refractivity contribution in [3.63, 3.8) is 0 Å². The van der Waals surface area contributed by atoms with Crippen LogP contribution < -0.4 is 0 Å². The van der Waals surface area contributed by atoms with Gasteiger partial charge in [0.2, 0.25) is 11.1 Å². The van der Waals surface area contributed by atoms with Gasteiger partial charge in [-0.2, -0.15) is 0 Å². The predicted molar refractivity (Wildman–Crippen MR) is 93.3 cm³/mol. The number of carbonyl (C=O) groups is 1. The number of amides is 1. The number of nitrogens with one attached hydrogen (secondary N) is 1. The number of H-pyrrole nitrogens is 1. The fourth-order valence-electron chi connectivity index (χ4n) is 2.37. The van der Waals surface area contributed by atoms with Crippen LogP contribution in [0.25, 0.3) is 0 Å². The van der Waals surface area contributed by atoms with Crippen LogP contribution in [0.5, 0.6) is 0 Å². The minimum absolute atomic E-state index is 0.105. The van der Waals surface area contributed by atoms with Crippen molar-refractivity contribution in [2.24, 2.45) is 0 Å². The first-order chi connectivity index (χ1) is 11.2. The Morgan fingerprint density at radius 1 is 1.22 bits per heavy atom. The smallest absolute Gasteiger partial charge is 0.240 e. The molecular formula is C17H24N4OS. The quantitative estimate of drug-likeness (QED) is 0.752. The van der Waals surface area contributed by atoms with Gasteiger partial charge in [-0.3, -0.25) is 9.89 Å². The van der Waals surface area contributed by atoms with E-state index >= 15 is 0 Å². The van der Waals surface area contributed by atoms with Crippen LogP contribution >= 0.6 is 11.8 Å². The molecule has 1 N–H and O–H groups in total. The van der Waals surface area contributed by atoms with Gasteiger partial charge in [0.1, 0.15) is 11.1 Å². The number of rotatable bonds is 8. The van der Waals surface area contributed by atoms with E-state index in [-0.39, 0.29) is 11.2 Å². The molecule has 2 aromatic rings. The van der Waals surface area contributed by atoms with Crippen LogP contribution in [0.1, 0.15) is 43.8 Å². The van der Waals surface area contributed by atoms with Crippen molar-refractivity contribution in [2.45, 2.75) is 44.0 Å². The number of hydrogen-bond donors (Lipinski definition) is 1. The third-order valence-corrected chi connectivity index (χ3v) is 4.73. The van der Waals surface area contributed by atoms with E-state index in [9.17, 15) is 4.79 Å². The summed E-state index contributed by atoms with van der Waals surface area (Å²) in [4.78, 5) is 19.2. The summed E-state index contributed by atoms with van der Waals surface area (Å²) in [6.45, 7) is 7.51. The highest BCUT2D eigenvalue weighted by Crippen LogP contribution is 2.34. The van der Waals surface area contributed by atoms with Gasteiger partial charge < -0.3 is 4.90 Å². The largest absolute Gasteiger partial charge is 0.342 e. The van der Waals surface area contributed by atoms with Crippen molar-refractivity contribution < 1.29 is 4.79 Å². The zero-order valence-electron chi connectivity index (χ0n) is 14.0. The first kappa shape index (κ1) is 17.5. The third-order valence-electron chi connectivity index (χ3n) is 3.62. The number of aromatic nitrogens is 3. The highest BCUT2D eigenvalue weighted by Gasteiger charge is 2.27. The Bertz CT molecular complexity index is 610. The zero-order chi connectivity index (χ0) is 16.7. The van der Waals surface area contributed by atoms with E-state index in [1.54, 1.807) is 0 Å². The van der Waals surface area contributed by atoms with Crippen molar-refractivity contribution >= 4 is 17.7 Å². The Morgan fingerprint density at radius 3 is 2.52 bits per heavy atom. The highest BCUT2D eigenvalue weighted by molar-refractivity contribution is 8.00. The fraction of sp³-hybridized carbons (Fsp3) is 0.471. The second-order valence-electron chi connectivity index (χ2n) is 5.23. The molecule has 1 aromatic carbocycles. The topological polar surface area (TPSA) is 61.9 Å². The van der Waals surface area contributed by atoms with Crippen LogP contribution in [0.2, 0.25) is 0 Å². The number of thioether (sulfide) groups is 1. The normalized spacial score (nSPS) is 12.1. The number of benzene rings is 1. The van der Waals surface area contributed by atoms with Crippen molar-refractivity contribution in [3.05, 3.63) is 41.7 Å². The van der Waals surface area contributed by atoms with Gasteiger partial charge in [0.05, 0.1) is 0 Å². The monoisotopic (exact) mass is 332 g/mol. The Labute approximate surface area is 141 Å². The molecule has 1 atom stereocenters. The Morgan fingerprint density at radius 2 is 1.91 bits per heavy atom. The first-order valence-corrected chi connectivity index (χ1v) is 8.99. The number of carbonyl (C=O) groups excluding carboxylic acids is 1. The summed E-state index contributed by atoms with van der Waals surface area (Å²) in [5.41, 5.74) is 0.983. The minimum atomic E-state index is -0.318. The fourth-order valence-corrected chi connectivity index (χ4v) is 3.39. The van der Waals surface area contributed by atoms with Gasteiger partial charge in [-0.1, -0.05) is 49.0 Å². The SMILES string of the molecule is CCCc1nc(SC(C(=O)N(CC)CC)c2ccccc2)n[nH]1. The minimum Gasteiger partial charge on any atom is -0.342 e. The number of aryl methyl sites for hydroxylation is 1. The molecule has 1 amide bonds. The van der Waals surface area contributed by atoms with Crippen LogP contribution in [-0.2, 0) is 11.2 Å². The molecule has 0 saturated carbocycles. The molecule has 0 aliphatic carbocycles. The lowest BCUT2D eigenvalue weighted by Gasteiger charge is -2.24. The Hall–Kier alpha value is -1.82. The highest BCUT2D eigenvalue weighted by atomic mass is 32.2. The summed E-state index contributed by atoms with van der Waals surface area (Å²) < 4.78 is 0. The molecule has 0 saturated heterocycles. The maximum atomic E-state index is 12.9. The van der Waals surface area contributed by atoms with E-state index in [0.717, 1.165) is 24.2 Å². The molecule has 6 heteroatoms. The van der Waals surface area contributed by atoms with Gasteiger partial charge >= 0.3 is 0 Å². The average Bonchev–Trinajstić information content (AvgIpc) is 3.02. The zero-order valence-corrected chi connectivity index (χ0v) is 14.8. The van der Waals surface area contributed by atoms with Gasteiger partial charge in [-0.05, 0) is 25.8 Å².